The van der Waals surface area contributed by atoms with Crippen molar-refractivity contribution in [3.05, 3.63) is 52.7 Å². The number of benzene rings is 1. The second kappa shape index (κ2) is 5.64. The molecule has 0 saturated carbocycles. The largest absolute Gasteiger partial charge is 0.335 e. The van der Waals surface area contributed by atoms with Gasteiger partial charge in [-0.2, -0.15) is 10.2 Å². The Morgan fingerprint density at radius 2 is 2.04 bits per heavy atom. The molecule has 4 aromatic rings. The van der Waals surface area contributed by atoms with Crippen molar-refractivity contribution in [2.75, 3.05) is 0 Å². The lowest BCUT2D eigenvalue weighted by Crippen LogP contribution is -2.22. The number of rotatable bonds is 4. The Balaban J connectivity index is 1.61. The van der Waals surface area contributed by atoms with Crippen LogP contribution in [0, 0.1) is 0 Å². The molecule has 0 aliphatic heterocycles. The molecule has 1 aromatic carbocycles. The van der Waals surface area contributed by atoms with Crippen molar-refractivity contribution in [2.24, 2.45) is 0 Å². The first-order chi connectivity index (χ1) is 11.6. The van der Waals surface area contributed by atoms with Crippen molar-refractivity contribution >= 4 is 33.6 Å². The maximum Gasteiger partial charge on any atom is 0.250 e. The number of H-pyrrole nitrogens is 1. The molecule has 120 valence electrons. The van der Waals surface area contributed by atoms with E-state index >= 15 is 0 Å². The molecule has 3 heterocycles. The number of nitrogens with zero attached hydrogens (tertiary/aromatic N) is 5. The maximum absolute atomic E-state index is 5.33. The normalized spacial score (nSPS) is 12.4. The maximum atomic E-state index is 5.33. The monoisotopic (exact) mass is 338 g/mol. The van der Waals surface area contributed by atoms with Gasteiger partial charge in [0.25, 0.3) is 5.89 Å². The smallest absolute Gasteiger partial charge is 0.250 e. The first-order valence-corrected chi connectivity index (χ1v) is 8.25. The van der Waals surface area contributed by atoms with Crippen molar-refractivity contribution in [1.82, 2.24) is 30.8 Å². The third-order valence-electron chi connectivity index (χ3n) is 3.82. The Kier molecular flexibility index (Phi) is 3.46. The van der Waals surface area contributed by atoms with Crippen molar-refractivity contribution in [1.29, 1.82) is 0 Å². The highest BCUT2D eigenvalue weighted by molar-refractivity contribution is 7.17. The Morgan fingerprint density at radius 3 is 2.88 bits per heavy atom. The van der Waals surface area contributed by atoms with Gasteiger partial charge in [0.05, 0.1) is 5.41 Å². The van der Waals surface area contributed by atoms with Crippen molar-refractivity contribution in [3.63, 3.8) is 0 Å². The highest BCUT2D eigenvalue weighted by atomic mass is 32.1. The standard InChI is InChI=1S/C16H14N6OS/c1-16(2,15-18-21-22-19-15)14-17-13(23-20-14)8-7-10-9-24-12-6-4-3-5-11(10)12/h3-9H,1-2H3,(H,18,19,21,22)/b8-7+. The molecule has 0 aliphatic carbocycles. The van der Waals surface area contributed by atoms with Crippen LogP contribution in [0.15, 0.2) is 34.2 Å². The Bertz CT molecular complexity index is 999. The summed E-state index contributed by atoms with van der Waals surface area (Å²) >= 11 is 1.71. The third kappa shape index (κ3) is 2.50. The molecule has 24 heavy (non-hydrogen) atoms. The summed E-state index contributed by atoms with van der Waals surface area (Å²) in [5.74, 6) is 1.47. The number of tetrazole rings is 1. The van der Waals surface area contributed by atoms with E-state index in [4.69, 9.17) is 4.52 Å². The van der Waals surface area contributed by atoms with E-state index in [0.29, 0.717) is 17.5 Å². The average molecular weight is 338 g/mol. The number of hydrogen-bond donors (Lipinski definition) is 1. The van der Waals surface area contributed by atoms with Crippen LogP contribution in [0.4, 0.5) is 0 Å². The molecule has 0 unspecified atom stereocenters. The molecule has 4 rings (SSSR count). The second-order valence-electron chi connectivity index (χ2n) is 5.84. The molecule has 7 nitrogen and oxygen atoms in total. The van der Waals surface area contributed by atoms with Gasteiger partial charge in [-0.3, -0.25) is 0 Å². The van der Waals surface area contributed by atoms with E-state index in [-0.39, 0.29) is 0 Å². The first kappa shape index (κ1) is 14.7. The molecule has 0 bridgehead atoms. The number of hydrogen-bond acceptors (Lipinski definition) is 7. The van der Waals surface area contributed by atoms with Gasteiger partial charge in [0, 0.05) is 10.8 Å². The quantitative estimate of drug-likeness (QED) is 0.613. The fourth-order valence-corrected chi connectivity index (χ4v) is 3.30. The molecule has 0 saturated heterocycles. The van der Waals surface area contributed by atoms with Gasteiger partial charge in [0.2, 0.25) is 0 Å². The van der Waals surface area contributed by atoms with Crippen LogP contribution in [0.3, 0.4) is 0 Å². The number of nitrogens with one attached hydrogen (secondary N) is 1. The van der Waals surface area contributed by atoms with Crippen LogP contribution in [0.1, 0.15) is 37.0 Å². The molecule has 0 amide bonds. The zero-order valence-corrected chi connectivity index (χ0v) is 13.9. The molecule has 8 heteroatoms. The van der Waals surface area contributed by atoms with Crippen molar-refractivity contribution in [3.8, 4) is 0 Å². The molecular weight excluding hydrogens is 324 g/mol. The minimum Gasteiger partial charge on any atom is -0.335 e. The predicted molar refractivity (Wildman–Crippen MR) is 91.4 cm³/mol. The van der Waals surface area contributed by atoms with E-state index in [1.54, 1.807) is 11.3 Å². The van der Waals surface area contributed by atoms with Gasteiger partial charge in [-0.05, 0) is 42.3 Å². The van der Waals surface area contributed by atoms with Crippen LogP contribution in [-0.4, -0.2) is 30.8 Å². The van der Waals surface area contributed by atoms with Gasteiger partial charge in [0.15, 0.2) is 11.6 Å². The second-order valence-corrected chi connectivity index (χ2v) is 6.75. The first-order valence-electron chi connectivity index (χ1n) is 7.37. The zero-order valence-electron chi connectivity index (χ0n) is 13.1. The summed E-state index contributed by atoms with van der Waals surface area (Å²) in [6.07, 6.45) is 3.80. The number of fused-ring (bicyclic) bond motifs is 1. The Labute approximate surface area is 141 Å². The van der Waals surface area contributed by atoms with Gasteiger partial charge in [0.1, 0.15) is 0 Å². The zero-order chi connectivity index (χ0) is 16.6. The molecule has 0 radical (unpaired) electrons. The molecule has 1 N–H and O–H groups in total. The van der Waals surface area contributed by atoms with E-state index in [9.17, 15) is 0 Å². The summed E-state index contributed by atoms with van der Waals surface area (Å²) in [5, 5.41) is 21.4. The van der Waals surface area contributed by atoms with Crippen LogP contribution in [0.2, 0.25) is 0 Å². The lowest BCUT2D eigenvalue weighted by molar-refractivity contribution is 0.389. The van der Waals surface area contributed by atoms with Crippen LogP contribution in [0.25, 0.3) is 22.2 Å². The van der Waals surface area contributed by atoms with E-state index in [1.165, 1.54) is 10.1 Å². The summed E-state index contributed by atoms with van der Waals surface area (Å²) in [4.78, 5) is 4.43. The molecular formula is C16H14N6OS. The van der Waals surface area contributed by atoms with Gasteiger partial charge < -0.3 is 4.52 Å². The lowest BCUT2D eigenvalue weighted by atomic mass is 9.92. The van der Waals surface area contributed by atoms with E-state index in [2.05, 4.69) is 48.3 Å². The average Bonchev–Trinajstić information content (AvgIpc) is 3.33. The van der Waals surface area contributed by atoms with Crippen molar-refractivity contribution in [2.45, 2.75) is 19.3 Å². The SMILES string of the molecule is CC(C)(c1nn[nH]n1)c1noc(/C=C/c2csc3ccccc23)n1. The van der Waals surface area contributed by atoms with Crippen LogP contribution in [0.5, 0.6) is 0 Å². The topological polar surface area (TPSA) is 93.4 Å². The van der Waals surface area contributed by atoms with Crippen LogP contribution >= 0.6 is 11.3 Å². The van der Waals surface area contributed by atoms with Gasteiger partial charge in [-0.15, -0.1) is 21.5 Å². The number of thiophene rings is 1. The van der Waals surface area contributed by atoms with Gasteiger partial charge >= 0.3 is 0 Å². The summed E-state index contributed by atoms with van der Waals surface area (Å²) in [7, 11) is 0. The number of aromatic nitrogens is 6. The fraction of sp³-hybridized carbons (Fsp3) is 0.188. The Hall–Kier alpha value is -2.87. The number of aromatic amines is 1. The molecule has 0 atom stereocenters. The van der Waals surface area contributed by atoms with Crippen LogP contribution < -0.4 is 0 Å². The lowest BCUT2D eigenvalue weighted by Gasteiger charge is -2.14. The highest BCUT2D eigenvalue weighted by Gasteiger charge is 2.33. The summed E-state index contributed by atoms with van der Waals surface area (Å²) in [5.41, 5.74) is 0.547. The fourth-order valence-electron chi connectivity index (χ4n) is 2.37. The Morgan fingerprint density at radius 1 is 1.17 bits per heavy atom. The predicted octanol–water partition coefficient (Wildman–Crippen LogP) is 3.29. The molecule has 3 aromatic heterocycles. The molecule has 0 aliphatic rings. The molecule has 0 fully saturated rings. The van der Waals surface area contributed by atoms with E-state index in [0.717, 1.165) is 5.56 Å². The van der Waals surface area contributed by atoms with Gasteiger partial charge in [-0.1, -0.05) is 28.6 Å². The third-order valence-corrected chi connectivity index (χ3v) is 4.80. The minimum atomic E-state index is -0.586. The van der Waals surface area contributed by atoms with Crippen LogP contribution in [-0.2, 0) is 5.41 Å². The summed E-state index contributed by atoms with van der Waals surface area (Å²) < 4.78 is 6.58. The molecule has 0 spiro atoms. The highest BCUT2D eigenvalue weighted by Crippen LogP contribution is 2.28. The summed E-state index contributed by atoms with van der Waals surface area (Å²) in [6.45, 7) is 3.84. The van der Waals surface area contributed by atoms with E-state index in [1.807, 2.05) is 38.1 Å². The van der Waals surface area contributed by atoms with E-state index < -0.39 is 5.41 Å². The van der Waals surface area contributed by atoms with Gasteiger partial charge in [-0.25, -0.2) is 0 Å². The minimum absolute atomic E-state index is 0.442. The van der Waals surface area contributed by atoms with Crippen molar-refractivity contribution < 1.29 is 4.52 Å². The summed E-state index contributed by atoms with van der Waals surface area (Å²) in [6, 6.07) is 8.28.